The van der Waals surface area contributed by atoms with Gasteiger partial charge in [0.2, 0.25) is 5.91 Å². The van der Waals surface area contributed by atoms with E-state index in [4.69, 9.17) is 5.11 Å². The van der Waals surface area contributed by atoms with Gasteiger partial charge in [-0.3, -0.25) is 9.59 Å². The van der Waals surface area contributed by atoms with Gasteiger partial charge in [0.25, 0.3) is 0 Å². The topological polar surface area (TPSA) is 91.8 Å². The van der Waals surface area contributed by atoms with Gasteiger partial charge in [0.1, 0.15) is 6.54 Å². The number of aliphatic carboxylic acids is 1. The van der Waals surface area contributed by atoms with Gasteiger partial charge in [0.05, 0.1) is 11.5 Å². The Hall–Kier alpha value is -1.11. The summed E-state index contributed by atoms with van der Waals surface area (Å²) in [5.41, 5.74) is -0.542. The van der Waals surface area contributed by atoms with Crippen molar-refractivity contribution in [3.8, 4) is 0 Å². The van der Waals surface area contributed by atoms with Crippen molar-refractivity contribution >= 4 is 21.7 Å². The Bertz CT molecular complexity index is 521. The van der Waals surface area contributed by atoms with E-state index < -0.39 is 33.8 Å². The summed E-state index contributed by atoms with van der Waals surface area (Å²) in [6.45, 7) is 1.47. The van der Waals surface area contributed by atoms with Crippen LogP contribution in [0.25, 0.3) is 0 Å². The van der Waals surface area contributed by atoms with Gasteiger partial charge >= 0.3 is 5.97 Å². The molecule has 1 amide bonds. The highest BCUT2D eigenvalue weighted by molar-refractivity contribution is 7.91. The van der Waals surface area contributed by atoms with E-state index >= 15 is 0 Å². The number of sulfone groups is 1. The number of carbonyl (C=O) groups excluding carboxylic acids is 1. The molecule has 1 N–H and O–H groups in total. The van der Waals surface area contributed by atoms with E-state index in [0.717, 1.165) is 32.1 Å². The monoisotopic (exact) mass is 317 g/mol. The molecule has 0 spiro atoms. The lowest BCUT2D eigenvalue weighted by Gasteiger charge is -2.38. The standard InChI is InChI=1S/C14H23NO5S/c1-14(6-3-2-4-7-14)13(18)15(9-12(16)17)11-5-8-21(19,20)10-11/h11H,2-10H2,1H3,(H,16,17). The minimum absolute atomic E-state index is 0.0395. The Morgan fingerprint density at radius 1 is 1.24 bits per heavy atom. The summed E-state index contributed by atoms with van der Waals surface area (Å²) in [4.78, 5) is 25.2. The fourth-order valence-corrected chi connectivity index (χ4v) is 5.16. The quantitative estimate of drug-likeness (QED) is 0.837. The summed E-state index contributed by atoms with van der Waals surface area (Å²) in [5.74, 6) is -1.35. The van der Waals surface area contributed by atoms with Crippen molar-refractivity contribution in [2.24, 2.45) is 5.41 Å². The van der Waals surface area contributed by atoms with Crippen LogP contribution in [-0.2, 0) is 19.4 Å². The number of hydrogen-bond donors (Lipinski definition) is 1. The highest BCUT2D eigenvalue weighted by Crippen LogP contribution is 2.38. The molecule has 0 aromatic heterocycles. The number of carbonyl (C=O) groups is 2. The van der Waals surface area contributed by atoms with Crippen LogP contribution in [0.3, 0.4) is 0 Å². The van der Waals surface area contributed by atoms with Crippen molar-refractivity contribution in [3.05, 3.63) is 0 Å². The molecule has 1 atom stereocenters. The first-order valence-corrected chi connectivity index (χ1v) is 9.29. The number of rotatable bonds is 4. The first kappa shape index (κ1) is 16.3. The molecule has 1 saturated carbocycles. The Morgan fingerprint density at radius 3 is 2.33 bits per heavy atom. The predicted octanol–water partition coefficient (Wildman–Crippen LogP) is 1.06. The Labute approximate surface area is 125 Å². The first-order chi connectivity index (χ1) is 9.73. The Morgan fingerprint density at radius 2 is 1.86 bits per heavy atom. The maximum Gasteiger partial charge on any atom is 0.323 e. The van der Waals surface area contributed by atoms with Crippen LogP contribution in [0, 0.1) is 5.41 Å². The van der Waals surface area contributed by atoms with E-state index in [-0.39, 0.29) is 17.4 Å². The van der Waals surface area contributed by atoms with Gasteiger partial charge in [0.15, 0.2) is 9.84 Å². The minimum Gasteiger partial charge on any atom is -0.480 e. The lowest BCUT2D eigenvalue weighted by molar-refractivity contribution is -0.152. The van der Waals surface area contributed by atoms with Gasteiger partial charge in [-0.25, -0.2) is 8.42 Å². The van der Waals surface area contributed by atoms with Crippen molar-refractivity contribution in [2.75, 3.05) is 18.1 Å². The van der Waals surface area contributed by atoms with Gasteiger partial charge in [-0.2, -0.15) is 0 Å². The fourth-order valence-electron chi connectivity index (χ4n) is 3.43. The third-order valence-electron chi connectivity index (χ3n) is 4.69. The van der Waals surface area contributed by atoms with Gasteiger partial charge in [-0.1, -0.05) is 26.2 Å². The third kappa shape index (κ3) is 3.75. The molecular formula is C14H23NO5S. The van der Waals surface area contributed by atoms with Crippen LogP contribution in [0.2, 0.25) is 0 Å². The van der Waals surface area contributed by atoms with Gasteiger partial charge in [-0.05, 0) is 19.3 Å². The molecule has 7 heteroatoms. The largest absolute Gasteiger partial charge is 0.480 e. The molecule has 0 aromatic rings. The molecule has 0 radical (unpaired) electrons. The predicted molar refractivity (Wildman–Crippen MR) is 77.6 cm³/mol. The van der Waals surface area contributed by atoms with Crippen LogP contribution in [0.1, 0.15) is 45.4 Å². The molecular weight excluding hydrogens is 294 g/mol. The number of nitrogens with zero attached hydrogens (tertiary/aromatic N) is 1. The summed E-state index contributed by atoms with van der Waals surface area (Å²) in [6.07, 6.45) is 4.87. The lowest BCUT2D eigenvalue weighted by atomic mass is 9.74. The Kier molecular flexibility index (Phi) is 4.60. The second-order valence-corrected chi connectivity index (χ2v) is 8.73. The number of hydrogen-bond acceptors (Lipinski definition) is 4. The van der Waals surface area contributed by atoms with Gasteiger partial charge < -0.3 is 10.0 Å². The van der Waals surface area contributed by atoms with Crippen LogP contribution in [0.15, 0.2) is 0 Å². The Balaban J connectivity index is 2.19. The first-order valence-electron chi connectivity index (χ1n) is 7.47. The highest BCUT2D eigenvalue weighted by atomic mass is 32.2. The van der Waals surface area contributed by atoms with Crippen molar-refractivity contribution in [3.63, 3.8) is 0 Å². The molecule has 1 saturated heterocycles. The van der Waals surface area contributed by atoms with E-state index in [0.29, 0.717) is 6.42 Å². The fraction of sp³-hybridized carbons (Fsp3) is 0.857. The van der Waals surface area contributed by atoms with Crippen molar-refractivity contribution < 1.29 is 23.1 Å². The van der Waals surface area contributed by atoms with E-state index in [9.17, 15) is 18.0 Å². The summed E-state index contributed by atoms with van der Waals surface area (Å²) in [5, 5.41) is 9.06. The molecule has 1 heterocycles. The molecule has 0 aromatic carbocycles. The molecule has 1 unspecified atom stereocenters. The van der Waals surface area contributed by atoms with E-state index in [1.54, 1.807) is 0 Å². The second-order valence-electron chi connectivity index (χ2n) is 6.50. The van der Waals surface area contributed by atoms with E-state index in [1.807, 2.05) is 6.92 Å². The molecule has 1 aliphatic carbocycles. The third-order valence-corrected chi connectivity index (χ3v) is 6.44. The molecule has 2 aliphatic rings. The van der Waals surface area contributed by atoms with Crippen LogP contribution < -0.4 is 0 Å². The SMILES string of the molecule is CC1(C(=O)N(CC(=O)O)C2CCS(=O)(=O)C2)CCCCC1. The molecule has 2 fully saturated rings. The second kappa shape index (κ2) is 5.94. The van der Waals surface area contributed by atoms with E-state index in [1.165, 1.54) is 4.90 Å². The zero-order chi connectivity index (χ0) is 15.7. The van der Waals surface area contributed by atoms with Gasteiger partial charge in [0, 0.05) is 11.5 Å². The smallest absolute Gasteiger partial charge is 0.323 e. The molecule has 21 heavy (non-hydrogen) atoms. The highest BCUT2D eigenvalue weighted by Gasteiger charge is 2.43. The average molecular weight is 317 g/mol. The van der Waals surface area contributed by atoms with Crippen LogP contribution in [-0.4, -0.2) is 54.4 Å². The lowest BCUT2D eigenvalue weighted by Crippen LogP contribution is -2.50. The van der Waals surface area contributed by atoms with Crippen molar-refractivity contribution in [2.45, 2.75) is 51.5 Å². The molecule has 1 aliphatic heterocycles. The average Bonchev–Trinajstić information content (AvgIpc) is 2.76. The van der Waals surface area contributed by atoms with E-state index in [2.05, 4.69) is 0 Å². The zero-order valence-electron chi connectivity index (χ0n) is 12.4. The number of carboxylic acid groups (broad SMARTS) is 1. The molecule has 0 bridgehead atoms. The summed E-state index contributed by atoms with van der Waals surface area (Å²) in [6, 6.07) is -0.489. The van der Waals surface area contributed by atoms with Crippen LogP contribution in [0.5, 0.6) is 0 Å². The maximum atomic E-state index is 12.8. The normalized spacial score (nSPS) is 27.2. The van der Waals surface area contributed by atoms with Crippen molar-refractivity contribution in [1.82, 2.24) is 4.90 Å². The van der Waals surface area contributed by atoms with Gasteiger partial charge in [-0.15, -0.1) is 0 Å². The number of carboxylic acids is 1. The van der Waals surface area contributed by atoms with Crippen LogP contribution in [0.4, 0.5) is 0 Å². The molecule has 120 valence electrons. The van der Waals surface area contributed by atoms with Crippen LogP contribution >= 0.6 is 0 Å². The molecule has 2 rings (SSSR count). The minimum atomic E-state index is -3.15. The zero-order valence-corrected chi connectivity index (χ0v) is 13.2. The summed E-state index contributed by atoms with van der Waals surface area (Å²) < 4.78 is 23.2. The summed E-state index contributed by atoms with van der Waals surface area (Å²) >= 11 is 0. The molecule has 6 nitrogen and oxygen atoms in total. The summed E-state index contributed by atoms with van der Waals surface area (Å²) in [7, 11) is -3.15. The number of amides is 1. The van der Waals surface area contributed by atoms with Crippen molar-refractivity contribution in [1.29, 1.82) is 0 Å². The maximum absolute atomic E-state index is 12.8.